The second-order valence-corrected chi connectivity index (χ2v) is 6.33. The minimum absolute atomic E-state index is 0.615. The molecule has 3 heteroatoms. The second-order valence-electron chi connectivity index (χ2n) is 6.33. The molecular formula is C15H30N2O. The molecule has 1 heterocycles. The minimum Gasteiger partial charge on any atom is -0.383 e. The van der Waals surface area contributed by atoms with Crippen LogP contribution in [0.3, 0.4) is 0 Å². The highest BCUT2D eigenvalue weighted by Crippen LogP contribution is 2.33. The Kier molecular flexibility index (Phi) is 5.46. The zero-order chi connectivity index (χ0) is 13.0. The number of hydrogen-bond acceptors (Lipinski definition) is 3. The van der Waals surface area contributed by atoms with Crippen LogP contribution in [-0.2, 0) is 4.74 Å². The fourth-order valence-corrected chi connectivity index (χ4v) is 3.62. The van der Waals surface area contributed by atoms with Gasteiger partial charge in [-0.05, 0) is 39.0 Å². The molecule has 3 atom stereocenters. The number of fused-ring (bicyclic) bond motifs is 1. The Morgan fingerprint density at radius 1 is 1.28 bits per heavy atom. The Balaban J connectivity index is 1.80. The molecule has 0 aromatic carbocycles. The van der Waals surface area contributed by atoms with Crippen LogP contribution in [0.2, 0.25) is 0 Å². The van der Waals surface area contributed by atoms with Gasteiger partial charge < -0.3 is 10.1 Å². The van der Waals surface area contributed by atoms with Crippen molar-refractivity contribution < 1.29 is 4.74 Å². The average Bonchev–Trinajstić information content (AvgIpc) is 2.76. The van der Waals surface area contributed by atoms with E-state index in [1.54, 1.807) is 7.11 Å². The lowest BCUT2D eigenvalue weighted by Gasteiger charge is -2.29. The summed E-state index contributed by atoms with van der Waals surface area (Å²) < 4.78 is 5.22. The Morgan fingerprint density at radius 3 is 2.72 bits per heavy atom. The number of methoxy groups -OCH3 is 1. The summed E-state index contributed by atoms with van der Waals surface area (Å²) in [5.74, 6) is 0.959. The van der Waals surface area contributed by atoms with Crippen molar-refractivity contribution in [2.75, 3.05) is 26.8 Å². The molecular weight excluding hydrogens is 224 g/mol. The third-order valence-corrected chi connectivity index (χ3v) is 4.71. The molecule has 2 rings (SSSR count). The molecule has 1 saturated heterocycles. The quantitative estimate of drug-likeness (QED) is 0.787. The Hall–Kier alpha value is -0.120. The van der Waals surface area contributed by atoms with Gasteiger partial charge in [-0.3, -0.25) is 4.90 Å². The van der Waals surface area contributed by atoms with Gasteiger partial charge in [0, 0.05) is 38.3 Å². The predicted molar refractivity (Wildman–Crippen MR) is 75.9 cm³/mol. The Morgan fingerprint density at radius 2 is 2.06 bits per heavy atom. The van der Waals surface area contributed by atoms with Crippen LogP contribution in [-0.4, -0.2) is 49.8 Å². The van der Waals surface area contributed by atoms with E-state index in [-0.39, 0.29) is 0 Å². The first kappa shape index (κ1) is 14.3. The summed E-state index contributed by atoms with van der Waals surface area (Å²) >= 11 is 0. The van der Waals surface area contributed by atoms with E-state index in [0.717, 1.165) is 25.1 Å². The zero-order valence-corrected chi connectivity index (χ0v) is 12.3. The third kappa shape index (κ3) is 3.69. The molecule has 0 spiro atoms. The third-order valence-electron chi connectivity index (χ3n) is 4.71. The van der Waals surface area contributed by atoms with Crippen LogP contribution in [0.15, 0.2) is 0 Å². The lowest BCUT2D eigenvalue weighted by molar-refractivity contribution is 0.122. The van der Waals surface area contributed by atoms with Crippen LogP contribution in [0.25, 0.3) is 0 Å². The van der Waals surface area contributed by atoms with Crippen molar-refractivity contribution in [3.8, 4) is 0 Å². The van der Waals surface area contributed by atoms with Gasteiger partial charge in [-0.25, -0.2) is 0 Å². The summed E-state index contributed by atoms with van der Waals surface area (Å²) in [6.07, 6.45) is 7.13. The minimum atomic E-state index is 0.615. The van der Waals surface area contributed by atoms with E-state index in [4.69, 9.17) is 4.74 Å². The van der Waals surface area contributed by atoms with Crippen LogP contribution in [0, 0.1) is 5.92 Å². The van der Waals surface area contributed by atoms with Crippen molar-refractivity contribution in [1.29, 1.82) is 0 Å². The van der Waals surface area contributed by atoms with Gasteiger partial charge in [0.05, 0.1) is 6.61 Å². The SMILES string of the molecule is COCCN(CC1CC2CCCCC2N1)C(C)C. The van der Waals surface area contributed by atoms with Gasteiger partial charge in [0.15, 0.2) is 0 Å². The Labute approximate surface area is 112 Å². The van der Waals surface area contributed by atoms with Gasteiger partial charge in [-0.15, -0.1) is 0 Å². The van der Waals surface area contributed by atoms with Gasteiger partial charge in [0.2, 0.25) is 0 Å². The molecule has 0 aromatic rings. The fraction of sp³-hybridized carbons (Fsp3) is 1.00. The summed E-state index contributed by atoms with van der Waals surface area (Å²) in [5.41, 5.74) is 0. The molecule has 0 amide bonds. The van der Waals surface area contributed by atoms with E-state index in [1.165, 1.54) is 38.6 Å². The smallest absolute Gasteiger partial charge is 0.0589 e. The summed E-state index contributed by atoms with van der Waals surface area (Å²) in [6, 6.07) is 2.14. The molecule has 3 unspecified atom stereocenters. The number of ether oxygens (including phenoxy) is 1. The summed E-state index contributed by atoms with van der Waals surface area (Å²) in [6.45, 7) is 7.67. The van der Waals surface area contributed by atoms with Crippen molar-refractivity contribution >= 4 is 0 Å². The van der Waals surface area contributed by atoms with Crippen LogP contribution >= 0.6 is 0 Å². The second kappa shape index (κ2) is 6.88. The lowest BCUT2D eigenvalue weighted by atomic mass is 9.85. The maximum absolute atomic E-state index is 5.22. The van der Waals surface area contributed by atoms with Crippen LogP contribution < -0.4 is 5.32 Å². The molecule has 1 saturated carbocycles. The van der Waals surface area contributed by atoms with E-state index in [0.29, 0.717) is 12.1 Å². The number of nitrogens with one attached hydrogen (secondary N) is 1. The number of nitrogens with zero attached hydrogens (tertiary/aromatic N) is 1. The molecule has 0 aromatic heterocycles. The molecule has 1 aliphatic heterocycles. The van der Waals surface area contributed by atoms with E-state index in [2.05, 4.69) is 24.1 Å². The van der Waals surface area contributed by atoms with Gasteiger partial charge in [-0.2, -0.15) is 0 Å². The van der Waals surface area contributed by atoms with Crippen molar-refractivity contribution in [3.63, 3.8) is 0 Å². The molecule has 3 nitrogen and oxygen atoms in total. The first-order valence-corrected chi connectivity index (χ1v) is 7.69. The highest BCUT2D eigenvalue weighted by molar-refractivity contribution is 4.94. The molecule has 2 fully saturated rings. The molecule has 2 aliphatic rings. The van der Waals surface area contributed by atoms with Crippen molar-refractivity contribution in [3.05, 3.63) is 0 Å². The molecule has 18 heavy (non-hydrogen) atoms. The molecule has 0 radical (unpaired) electrons. The van der Waals surface area contributed by atoms with Gasteiger partial charge in [0.25, 0.3) is 0 Å². The van der Waals surface area contributed by atoms with Crippen molar-refractivity contribution in [2.24, 2.45) is 5.92 Å². The van der Waals surface area contributed by atoms with Crippen LogP contribution in [0.1, 0.15) is 46.0 Å². The van der Waals surface area contributed by atoms with E-state index < -0.39 is 0 Å². The zero-order valence-electron chi connectivity index (χ0n) is 12.3. The molecule has 1 N–H and O–H groups in total. The largest absolute Gasteiger partial charge is 0.383 e. The standard InChI is InChI=1S/C15H30N2O/c1-12(2)17(8-9-18-3)11-14-10-13-6-4-5-7-15(13)16-14/h12-16H,4-11H2,1-3H3. The highest BCUT2D eigenvalue weighted by Gasteiger charge is 2.35. The first-order chi connectivity index (χ1) is 8.70. The topological polar surface area (TPSA) is 24.5 Å². The summed E-state index contributed by atoms with van der Waals surface area (Å²) in [5, 5.41) is 3.87. The fourth-order valence-electron chi connectivity index (χ4n) is 3.62. The number of rotatable bonds is 6. The van der Waals surface area contributed by atoms with Gasteiger partial charge in [-0.1, -0.05) is 12.8 Å². The normalized spacial score (nSPS) is 32.2. The van der Waals surface area contributed by atoms with Crippen LogP contribution in [0.4, 0.5) is 0 Å². The first-order valence-electron chi connectivity index (χ1n) is 7.69. The van der Waals surface area contributed by atoms with E-state index in [9.17, 15) is 0 Å². The molecule has 1 aliphatic carbocycles. The monoisotopic (exact) mass is 254 g/mol. The summed E-state index contributed by atoms with van der Waals surface area (Å²) in [4.78, 5) is 2.55. The highest BCUT2D eigenvalue weighted by atomic mass is 16.5. The van der Waals surface area contributed by atoms with Crippen molar-refractivity contribution in [1.82, 2.24) is 10.2 Å². The maximum Gasteiger partial charge on any atom is 0.0589 e. The lowest BCUT2D eigenvalue weighted by Crippen LogP contribution is -2.44. The number of hydrogen-bond donors (Lipinski definition) is 1. The molecule has 0 bridgehead atoms. The molecule has 106 valence electrons. The van der Waals surface area contributed by atoms with E-state index in [1.807, 2.05) is 0 Å². The predicted octanol–water partition coefficient (Wildman–Crippen LogP) is 2.26. The van der Waals surface area contributed by atoms with Crippen molar-refractivity contribution in [2.45, 2.75) is 64.1 Å². The summed E-state index contributed by atoms with van der Waals surface area (Å²) in [7, 11) is 1.79. The van der Waals surface area contributed by atoms with Gasteiger partial charge in [0.1, 0.15) is 0 Å². The Bertz CT molecular complexity index is 231. The van der Waals surface area contributed by atoms with Gasteiger partial charge >= 0.3 is 0 Å². The van der Waals surface area contributed by atoms with E-state index >= 15 is 0 Å². The van der Waals surface area contributed by atoms with Crippen LogP contribution in [0.5, 0.6) is 0 Å². The maximum atomic E-state index is 5.22. The average molecular weight is 254 g/mol.